The number of esters is 1. The van der Waals surface area contributed by atoms with Crippen molar-refractivity contribution < 1.29 is 23.2 Å². The fraction of sp³-hybridized carbons (Fsp3) is 0.176. The third-order valence-corrected chi connectivity index (χ3v) is 3.07. The molecule has 3 aromatic rings. The topological polar surface area (TPSA) is 74.7 Å². The Kier molecular flexibility index (Phi) is 4.42. The molecule has 6 heteroatoms. The number of hydrogen-bond donors (Lipinski definition) is 0. The van der Waals surface area contributed by atoms with Gasteiger partial charge in [-0.2, -0.15) is 0 Å². The van der Waals surface area contributed by atoms with Gasteiger partial charge in [0.1, 0.15) is 18.1 Å². The van der Waals surface area contributed by atoms with Crippen LogP contribution in [-0.4, -0.2) is 17.2 Å². The Morgan fingerprint density at radius 2 is 2.00 bits per heavy atom. The Bertz CT molecular complexity index is 748. The van der Waals surface area contributed by atoms with Gasteiger partial charge in [0.2, 0.25) is 5.76 Å². The summed E-state index contributed by atoms with van der Waals surface area (Å²) >= 11 is 0. The lowest BCUT2D eigenvalue weighted by Gasteiger charge is -2.13. The Hall–Kier alpha value is -3.02. The van der Waals surface area contributed by atoms with Gasteiger partial charge in [0.05, 0.1) is 6.26 Å². The highest BCUT2D eigenvalue weighted by Crippen LogP contribution is 2.21. The van der Waals surface area contributed by atoms with Crippen LogP contribution in [0, 0.1) is 0 Å². The van der Waals surface area contributed by atoms with Gasteiger partial charge in [0.25, 0.3) is 0 Å². The van der Waals surface area contributed by atoms with Gasteiger partial charge in [-0.3, -0.25) is 0 Å². The number of rotatable bonds is 6. The molecule has 118 valence electrons. The molecule has 1 aromatic carbocycles. The Morgan fingerprint density at radius 3 is 2.74 bits per heavy atom. The highest BCUT2D eigenvalue weighted by atomic mass is 16.6. The van der Waals surface area contributed by atoms with E-state index in [-0.39, 0.29) is 6.61 Å². The van der Waals surface area contributed by atoms with Gasteiger partial charge in [-0.1, -0.05) is 23.4 Å². The second-order valence-electron chi connectivity index (χ2n) is 4.84. The first kappa shape index (κ1) is 14.9. The molecule has 0 saturated carbocycles. The number of benzene rings is 1. The summed E-state index contributed by atoms with van der Waals surface area (Å²) in [5, 5.41) is 3.83. The van der Waals surface area contributed by atoms with E-state index in [2.05, 4.69) is 5.16 Å². The molecule has 1 unspecified atom stereocenters. The van der Waals surface area contributed by atoms with Crippen molar-refractivity contribution in [2.45, 2.75) is 19.6 Å². The number of hydrogen-bond acceptors (Lipinski definition) is 6. The predicted octanol–water partition coefficient (Wildman–Crippen LogP) is 3.45. The predicted molar refractivity (Wildman–Crippen MR) is 80.5 cm³/mol. The molecule has 0 N–H and O–H groups in total. The largest absolute Gasteiger partial charge is 0.479 e. The summed E-state index contributed by atoms with van der Waals surface area (Å²) in [5.74, 6) is 1.18. The van der Waals surface area contributed by atoms with Crippen molar-refractivity contribution in [1.29, 1.82) is 0 Å². The van der Waals surface area contributed by atoms with Crippen molar-refractivity contribution in [2.75, 3.05) is 0 Å². The lowest BCUT2D eigenvalue weighted by Crippen LogP contribution is -2.26. The normalized spacial score (nSPS) is 11.9. The van der Waals surface area contributed by atoms with E-state index in [9.17, 15) is 4.79 Å². The smallest absolute Gasteiger partial charge is 0.347 e. The number of furan rings is 1. The van der Waals surface area contributed by atoms with Crippen molar-refractivity contribution in [3.63, 3.8) is 0 Å². The summed E-state index contributed by atoms with van der Waals surface area (Å²) in [4.78, 5) is 11.9. The summed E-state index contributed by atoms with van der Waals surface area (Å²) in [6.07, 6.45) is 0.828. The molecule has 2 aromatic heterocycles. The second kappa shape index (κ2) is 6.83. The van der Waals surface area contributed by atoms with Crippen molar-refractivity contribution >= 4 is 5.97 Å². The lowest BCUT2D eigenvalue weighted by molar-refractivity contribution is -0.152. The van der Waals surface area contributed by atoms with E-state index in [1.807, 2.05) is 18.2 Å². The highest BCUT2D eigenvalue weighted by Gasteiger charge is 2.17. The maximum Gasteiger partial charge on any atom is 0.347 e. The summed E-state index contributed by atoms with van der Waals surface area (Å²) in [7, 11) is 0. The number of ether oxygens (including phenoxy) is 2. The molecule has 0 fully saturated rings. The molecule has 3 rings (SSSR count). The SMILES string of the molecule is CC(Oc1ccccc1)C(=O)OCc1cc(-c2ccco2)on1. The van der Waals surface area contributed by atoms with Crippen LogP contribution in [-0.2, 0) is 16.1 Å². The average Bonchev–Trinajstić information content (AvgIpc) is 3.24. The van der Waals surface area contributed by atoms with Crippen LogP contribution in [0.25, 0.3) is 11.5 Å². The number of carbonyl (C=O) groups excluding carboxylic acids is 1. The molecule has 1 atom stereocenters. The van der Waals surface area contributed by atoms with Crippen molar-refractivity contribution in [3.05, 3.63) is 60.5 Å². The van der Waals surface area contributed by atoms with Crippen LogP contribution in [0.5, 0.6) is 5.75 Å². The molecule has 2 heterocycles. The van der Waals surface area contributed by atoms with Crippen molar-refractivity contribution in [3.8, 4) is 17.3 Å². The Morgan fingerprint density at radius 1 is 1.17 bits per heavy atom. The first-order valence-electron chi connectivity index (χ1n) is 7.10. The van der Waals surface area contributed by atoms with Crippen molar-refractivity contribution in [2.24, 2.45) is 0 Å². The van der Waals surface area contributed by atoms with Gasteiger partial charge in [-0.05, 0) is 31.2 Å². The molecule has 0 bridgehead atoms. The van der Waals surface area contributed by atoms with E-state index in [1.165, 1.54) is 0 Å². The molecule has 0 aliphatic carbocycles. The van der Waals surface area contributed by atoms with Crippen LogP contribution in [0.3, 0.4) is 0 Å². The molecular weight excluding hydrogens is 298 g/mol. The minimum absolute atomic E-state index is 0.00549. The molecule has 0 saturated heterocycles. The first-order chi connectivity index (χ1) is 11.2. The first-order valence-corrected chi connectivity index (χ1v) is 7.10. The summed E-state index contributed by atoms with van der Waals surface area (Å²) < 4.78 is 21.0. The zero-order chi connectivity index (χ0) is 16.1. The number of aromatic nitrogens is 1. The van der Waals surface area contributed by atoms with E-state index in [1.54, 1.807) is 43.5 Å². The van der Waals surface area contributed by atoms with Gasteiger partial charge < -0.3 is 18.4 Å². The zero-order valence-electron chi connectivity index (χ0n) is 12.5. The Labute approximate surface area is 132 Å². The van der Waals surface area contributed by atoms with E-state index >= 15 is 0 Å². The number of nitrogens with zero attached hydrogens (tertiary/aromatic N) is 1. The van der Waals surface area contributed by atoms with Gasteiger partial charge in [0, 0.05) is 6.07 Å². The molecular formula is C17H15NO5. The summed E-state index contributed by atoms with van der Waals surface area (Å²) in [5.41, 5.74) is 0.497. The van der Waals surface area contributed by atoms with Crippen LogP contribution in [0.15, 0.2) is 63.7 Å². The van der Waals surface area contributed by atoms with E-state index in [0.29, 0.717) is 23.0 Å². The van der Waals surface area contributed by atoms with Gasteiger partial charge >= 0.3 is 5.97 Å². The van der Waals surface area contributed by atoms with Gasteiger partial charge in [-0.25, -0.2) is 4.79 Å². The fourth-order valence-corrected chi connectivity index (χ4v) is 1.93. The van der Waals surface area contributed by atoms with Crippen LogP contribution >= 0.6 is 0 Å². The Balaban J connectivity index is 1.52. The molecule has 0 spiro atoms. The van der Waals surface area contributed by atoms with E-state index in [0.717, 1.165) is 0 Å². The quantitative estimate of drug-likeness (QED) is 0.649. The fourth-order valence-electron chi connectivity index (χ4n) is 1.93. The van der Waals surface area contributed by atoms with Crippen molar-refractivity contribution in [1.82, 2.24) is 5.16 Å². The second-order valence-corrected chi connectivity index (χ2v) is 4.84. The van der Waals surface area contributed by atoms with Crippen LogP contribution in [0.1, 0.15) is 12.6 Å². The van der Waals surface area contributed by atoms with E-state index in [4.69, 9.17) is 18.4 Å². The summed E-state index contributed by atoms with van der Waals surface area (Å²) in [6.45, 7) is 1.64. The third kappa shape index (κ3) is 3.79. The highest BCUT2D eigenvalue weighted by molar-refractivity contribution is 5.74. The minimum atomic E-state index is -0.714. The molecule has 6 nitrogen and oxygen atoms in total. The standard InChI is InChI=1S/C17H15NO5/c1-12(22-14-6-3-2-4-7-14)17(19)21-11-13-10-16(23-18-13)15-8-5-9-20-15/h2-10,12H,11H2,1H3. The lowest BCUT2D eigenvalue weighted by atomic mass is 10.3. The van der Waals surface area contributed by atoms with Crippen LogP contribution in [0.2, 0.25) is 0 Å². The number of para-hydroxylation sites is 1. The monoisotopic (exact) mass is 313 g/mol. The van der Waals surface area contributed by atoms with E-state index < -0.39 is 12.1 Å². The maximum absolute atomic E-state index is 11.9. The van der Waals surface area contributed by atoms with Crippen LogP contribution < -0.4 is 4.74 Å². The molecule has 0 aliphatic heterocycles. The molecule has 23 heavy (non-hydrogen) atoms. The minimum Gasteiger partial charge on any atom is -0.479 e. The van der Waals surface area contributed by atoms with Gasteiger partial charge in [0.15, 0.2) is 11.9 Å². The average molecular weight is 313 g/mol. The molecule has 0 amide bonds. The summed E-state index contributed by atoms with van der Waals surface area (Å²) in [6, 6.07) is 14.3. The van der Waals surface area contributed by atoms with Gasteiger partial charge in [-0.15, -0.1) is 0 Å². The number of carbonyl (C=O) groups is 1. The molecule has 0 radical (unpaired) electrons. The third-order valence-electron chi connectivity index (χ3n) is 3.07. The molecule has 0 aliphatic rings. The zero-order valence-corrected chi connectivity index (χ0v) is 12.5. The maximum atomic E-state index is 11.9. The van der Waals surface area contributed by atoms with Crippen LogP contribution in [0.4, 0.5) is 0 Å².